The van der Waals surface area contributed by atoms with Crippen LogP contribution in [0.5, 0.6) is 0 Å². The number of hydrogen-bond acceptors (Lipinski definition) is 8. The van der Waals surface area contributed by atoms with Crippen LogP contribution >= 0.6 is 0 Å². The van der Waals surface area contributed by atoms with Crippen LogP contribution in [0.4, 0.5) is 10.5 Å². The van der Waals surface area contributed by atoms with Crippen molar-refractivity contribution in [3.8, 4) is 0 Å². The topological polar surface area (TPSA) is 134 Å². The molecule has 0 spiro atoms. The molecule has 1 aliphatic rings. The van der Waals surface area contributed by atoms with Crippen molar-refractivity contribution in [2.24, 2.45) is 11.3 Å². The van der Waals surface area contributed by atoms with Gasteiger partial charge in [0.1, 0.15) is 12.7 Å². The van der Waals surface area contributed by atoms with Gasteiger partial charge in [0, 0.05) is 23.6 Å². The minimum atomic E-state index is -0.956. The van der Waals surface area contributed by atoms with Crippen molar-refractivity contribution in [3.05, 3.63) is 52.1 Å². The van der Waals surface area contributed by atoms with Crippen molar-refractivity contribution >= 4 is 23.7 Å². The molecule has 2 rings (SSSR count). The van der Waals surface area contributed by atoms with Crippen LogP contribution in [0.15, 0.2) is 36.4 Å². The molecule has 0 saturated carbocycles. The molecule has 1 aliphatic heterocycles. The highest BCUT2D eigenvalue weighted by molar-refractivity contribution is 5.87. The summed E-state index contributed by atoms with van der Waals surface area (Å²) in [6, 6.07) is 5.20. The van der Waals surface area contributed by atoms with Crippen LogP contribution in [0.1, 0.15) is 26.3 Å². The molecule has 30 heavy (non-hydrogen) atoms. The number of nitro benzene ring substituents is 1. The van der Waals surface area contributed by atoms with Crippen LogP contribution in [-0.2, 0) is 30.4 Å². The molecule has 10 heteroatoms. The Hall–Kier alpha value is -3.43. The van der Waals surface area contributed by atoms with Gasteiger partial charge in [0.2, 0.25) is 5.91 Å². The molecular formula is C20H24N2O8. The summed E-state index contributed by atoms with van der Waals surface area (Å²) in [7, 11) is 1.27. The summed E-state index contributed by atoms with van der Waals surface area (Å²) in [4.78, 5) is 45.5. The van der Waals surface area contributed by atoms with E-state index in [2.05, 4.69) is 10.1 Å². The summed E-state index contributed by atoms with van der Waals surface area (Å²) in [6.07, 6.45) is 1.20. The van der Waals surface area contributed by atoms with E-state index in [0.717, 1.165) is 0 Å². The van der Waals surface area contributed by atoms with E-state index in [0.29, 0.717) is 5.56 Å². The van der Waals surface area contributed by atoms with Gasteiger partial charge < -0.3 is 19.5 Å². The molecule has 1 aromatic rings. The Kier molecular flexibility index (Phi) is 7.14. The lowest BCUT2D eigenvalue weighted by molar-refractivity contribution is -0.384. The first kappa shape index (κ1) is 22.9. The van der Waals surface area contributed by atoms with Crippen LogP contribution in [0, 0.1) is 21.4 Å². The largest absolute Gasteiger partial charge is 0.508 e. The lowest BCUT2D eigenvalue weighted by Gasteiger charge is -2.47. The third-order valence-electron chi connectivity index (χ3n) is 4.90. The Labute approximate surface area is 173 Å². The van der Waals surface area contributed by atoms with Gasteiger partial charge in [0.25, 0.3) is 5.69 Å². The molecule has 0 bridgehead atoms. The summed E-state index contributed by atoms with van der Waals surface area (Å²) in [5.41, 5.74) is -0.105. The molecule has 1 amide bonds. The number of nitrogens with one attached hydrogen (secondary N) is 1. The average molecular weight is 420 g/mol. The summed E-state index contributed by atoms with van der Waals surface area (Å²) in [6.45, 7) is 5.13. The number of benzene rings is 1. The predicted molar refractivity (Wildman–Crippen MR) is 104 cm³/mol. The van der Waals surface area contributed by atoms with Gasteiger partial charge in [0.05, 0.1) is 24.0 Å². The van der Waals surface area contributed by atoms with Crippen molar-refractivity contribution in [1.82, 2.24) is 5.32 Å². The van der Waals surface area contributed by atoms with E-state index < -0.39 is 34.5 Å². The second-order valence-corrected chi connectivity index (χ2v) is 7.48. The lowest BCUT2D eigenvalue weighted by Crippen LogP contribution is -2.67. The van der Waals surface area contributed by atoms with Crippen LogP contribution < -0.4 is 5.32 Å². The van der Waals surface area contributed by atoms with E-state index >= 15 is 0 Å². The maximum absolute atomic E-state index is 12.1. The van der Waals surface area contributed by atoms with E-state index in [1.165, 1.54) is 37.5 Å². The molecule has 1 fully saturated rings. The van der Waals surface area contributed by atoms with Gasteiger partial charge >= 0.3 is 12.1 Å². The molecule has 0 aliphatic carbocycles. The zero-order valence-electron chi connectivity index (χ0n) is 17.1. The second-order valence-electron chi connectivity index (χ2n) is 7.48. The van der Waals surface area contributed by atoms with Gasteiger partial charge in [-0.15, -0.1) is 0 Å². The van der Waals surface area contributed by atoms with E-state index in [4.69, 9.17) is 9.47 Å². The van der Waals surface area contributed by atoms with E-state index in [1.54, 1.807) is 13.0 Å². The predicted octanol–water partition coefficient (Wildman–Crippen LogP) is 2.51. The smallest absolute Gasteiger partial charge is 0.466 e. The van der Waals surface area contributed by atoms with Gasteiger partial charge in [-0.1, -0.05) is 19.9 Å². The number of nitrogens with zero attached hydrogens (tertiary/aromatic N) is 1. The fourth-order valence-electron chi connectivity index (χ4n) is 3.10. The number of esters is 1. The summed E-state index contributed by atoms with van der Waals surface area (Å²) >= 11 is 0. The zero-order chi connectivity index (χ0) is 22.5. The number of amides is 1. The maximum Gasteiger partial charge on any atom is 0.508 e. The number of hydrogen-bond donors (Lipinski definition) is 1. The minimum Gasteiger partial charge on any atom is -0.466 e. The number of carbonyl (C=O) groups excluding carboxylic acids is 3. The van der Waals surface area contributed by atoms with E-state index in [9.17, 15) is 24.5 Å². The summed E-state index contributed by atoms with van der Waals surface area (Å²) in [5, 5.41) is 13.4. The van der Waals surface area contributed by atoms with Gasteiger partial charge in [-0.3, -0.25) is 14.9 Å². The Balaban J connectivity index is 1.91. The molecule has 1 heterocycles. The van der Waals surface area contributed by atoms with Gasteiger partial charge in [0.15, 0.2) is 0 Å². The molecule has 10 nitrogen and oxygen atoms in total. The fourth-order valence-corrected chi connectivity index (χ4v) is 3.10. The highest BCUT2D eigenvalue weighted by Gasteiger charge is 2.50. The molecule has 0 aromatic heterocycles. The Morgan fingerprint density at radius 3 is 2.47 bits per heavy atom. The van der Waals surface area contributed by atoms with Crippen LogP contribution in [0.2, 0.25) is 0 Å². The quantitative estimate of drug-likeness (QED) is 0.223. The van der Waals surface area contributed by atoms with Crippen LogP contribution in [0.25, 0.3) is 0 Å². The zero-order valence-corrected chi connectivity index (χ0v) is 17.1. The minimum absolute atomic E-state index is 0.0687. The SMILES string of the molecule is COC(=O)/C=C/C(C)(C)C1NC(=O)C1C(C)OC(=O)OCc1ccc([N+](=O)[O-])cc1. The Morgan fingerprint density at radius 1 is 1.30 bits per heavy atom. The summed E-state index contributed by atoms with van der Waals surface area (Å²) < 4.78 is 14.8. The third kappa shape index (κ3) is 5.56. The second kappa shape index (κ2) is 9.38. The molecule has 1 N–H and O–H groups in total. The van der Waals surface area contributed by atoms with Crippen molar-refractivity contribution < 1.29 is 33.5 Å². The number of carbonyl (C=O) groups is 3. The average Bonchev–Trinajstić information content (AvgIpc) is 2.68. The number of nitro groups is 1. The number of ether oxygens (including phenoxy) is 3. The highest BCUT2D eigenvalue weighted by Crippen LogP contribution is 2.36. The highest BCUT2D eigenvalue weighted by atomic mass is 16.7. The molecular weight excluding hydrogens is 396 g/mol. The normalized spacial score (nSPS) is 19.4. The fraction of sp³-hybridized carbons (Fsp3) is 0.450. The molecule has 162 valence electrons. The first-order valence-electron chi connectivity index (χ1n) is 9.19. The van der Waals surface area contributed by atoms with Crippen molar-refractivity contribution in [3.63, 3.8) is 0 Å². The van der Waals surface area contributed by atoms with Gasteiger partial charge in [-0.05, 0) is 24.6 Å². The summed E-state index contributed by atoms with van der Waals surface area (Å²) in [5.74, 6) is -1.39. The molecule has 3 atom stereocenters. The number of non-ortho nitro benzene ring substituents is 1. The number of methoxy groups -OCH3 is 1. The molecule has 1 aromatic carbocycles. The monoisotopic (exact) mass is 420 g/mol. The standard InChI is InChI=1S/C20H24N2O8/c1-12(16-17(21-18(16)24)20(2,3)10-9-15(23)28-4)30-19(25)29-11-13-5-7-14(8-6-13)22(26)27/h5-10,12,16-17H,11H2,1-4H3,(H,21,24)/b10-9+. The first-order valence-corrected chi connectivity index (χ1v) is 9.19. The van der Waals surface area contributed by atoms with Crippen LogP contribution in [0.3, 0.4) is 0 Å². The van der Waals surface area contributed by atoms with E-state index in [1.807, 2.05) is 13.8 Å². The lowest BCUT2D eigenvalue weighted by atomic mass is 9.70. The Morgan fingerprint density at radius 2 is 1.93 bits per heavy atom. The van der Waals surface area contributed by atoms with Crippen molar-refractivity contribution in [1.29, 1.82) is 0 Å². The third-order valence-corrected chi connectivity index (χ3v) is 4.90. The number of β-lactam (4-membered cyclic amide) rings is 1. The Bertz CT molecular complexity index is 847. The van der Waals surface area contributed by atoms with Crippen molar-refractivity contribution in [2.75, 3.05) is 7.11 Å². The van der Waals surface area contributed by atoms with Crippen molar-refractivity contribution in [2.45, 2.75) is 39.5 Å². The first-order chi connectivity index (χ1) is 14.0. The van der Waals surface area contributed by atoms with E-state index in [-0.39, 0.29) is 24.2 Å². The molecule has 1 saturated heterocycles. The van der Waals surface area contributed by atoms with Crippen LogP contribution in [-0.4, -0.2) is 42.2 Å². The van der Waals surface area contributed by atoms with Gasteiger partial charge in [-0.2, -0.15) is 0 Å². The molecule has 3 unspecified atom stereocenters. The number of rotatable bonds is 8. The maximum atomic E-state index is 12.1. The van der Waals surface area contributed by atoms with Gasteiger partial charge in [-0.25, -0.2) is 9.59 Å². The molecule has 0 radical (unpaired) electrons.